The van der Waals surface area contributed by atoms with Gasteiger partial charge in [-0.2, -0.15) is 5.26 Å². The maximum absolute atomic E-state index is 11.1. The van der Waals surface area contributed by atoms with Gasteiger partial charge >= 0.3 is 0 Å². The summed E-state index contributed by atoms with van der Waals surface area (Å²) < 4.78 is 0. The van der Waals surface area contributed by atoms with Crippen molar-refractivity contribution in [2.24, 2.45) is 4.99 Å². The van der Waals surface area contributed by atoms with E-state index in [1.54, 1.807) is 26.0 Å². The molecule has 0 atom stereocenters. The fourth-order valence-corrected chi connectivity index (χ4v) is 1.71. The Bertz CT molecular complexity index is 372. The quantitative estimate of drug-likeness (QED) is 0.472. The van der Waals surface area contributed by atoms with E-state index in [0.717, 1.165) is 0 Å². The van der Waals surface area contributed by atoms with Crippen LogP contribution in [0.2, 0.25) is 0 Å². The third-order valence-electron chi connectivity index (χ3n) is 1.52. The number of carbonyl (C=O) groups is 1. The number of allylic oxidation sites excluding steroid dienone is 2. The molecule has 0 aromatic rings. The molecule has 0 N–H and O–H groups in total. The van der Waals surface area contributed by atoms with E-state index >= 15 is 0 Å². The highest BCUT2D eigenvalue weighted by Gasteiger charge is 2.22. The van der Waals surface area contributed by atoms with E-state index in [-0.39, 0.29) is 5.91 Å². The standard InChI is InChI=1S/C9H8N2OS/c1-3-6(5-10)9-11-8(12)7(4-2)13-9/h3-4H,1-2H3/b6-3+,7-4-. The molecule has 0 saturated heterocycles. The summed E-state index contributed by atoms with van der Waals surface area (Å²) in [6, 6.07) is 1.99. The van der Waals surface area contributed by atoms with Crippen LogP contribution >= 0.6 is 11.8 Å². The van der Waals surface area contributed by atoms with Crippen LogP contribution in [0.25, 0.3) is 0 Å². The molecule has 1 heterocycles. The Balaban J connectivity index is 2.97. The van der Waals surface area contributed by atoms with Gasteiger partial charge in [-0.15, -0.1) is 0 Å². The van der Waals surface area contributed by atoms with Crippen molar-refractivity contribution < 1.29 is 4.79 Å². The predicted molar refractivity (Wildman–Crippen MR) is 53.2 cm³/mol. The number of rotatable bonds is 1. The van der Waals surface area contributed by atoms with Gasteiger partial charge in [0.15, 0.2) is 0 Å². The topological polar surface area (TPSA) is 53.2 Å². The summed E-state index contributed by atoms with van der Waals surface area (Å²) >= 11 is 1.25. The lowest BCUT2D eigenvalue weighted by Gasteiger charge is -1.92. The first-order valence-corrected chi connectivity index (χ1v) is 4.58. The summed E-state index contributed by atoms with van der Waals surface area (Å²) in [5.41, 5.74) is 0.454. The van der Waals surface area contributed by atoms with Gasteiger partial charge in [0.05, 0.1) is 10.5 Å². The molecule has 3 nitrogen and oxygen atoms in total. The van der Waals surface area contributed by atoms with Gasteiger partial charge in [-0.1, -0.05) is 23.9 Å². The lowest BCUT2D eigenvalue weighted by atomic mass is 10.3. The lowest BCUT2D eigenvalue weighted by molar-refractivity contribution is -0.113. The van der Waals surface area contributed by atoms with Gasteiger partial charge in [-0.05, 0) is 13.8 Å². The molecule has 0 saturated carbocycles. The lowest BCUT2D eigenvalue weighted by Crippen LogP contribution is -1.90. The van der Waals surface area contributed by atoms with E-state index < -0.39 is 0 Å². The number of hydrogen-bond donors (Lipinski definition) is 0. The van der Waals surface area contributed by atoms with Crippen LogP contribution in [0.4, 0.5) is 0 Å². The molecule has 0 spiro atoms. The molecule has 0 aliphatic carbocycles. The molecule has 1 aliphatic heterocycles. The first-order chi connectivity index (χ1) is 6.22. The average molecular weight is 192 g/mol. The van der Waals surface area contributed by atoms with Crippen LogP contribution < -0.4 is 0 Å². The zero-order chi connectivity index (χ0) is 9.84. The van der Waals surface area contributed by atoms with Crippen molar-refractivity contribution in [1.29, 1.82) is 5.26 Å². The minimum Gasteiger partial charge on any atom is -0.266 e. The molecule has 1 amide bonds. The molecule has 66 valence electrons. The Morgan fingerprint density at radius 3 is 2.69 bits per heavy atom. The van der Waals surface area contributed by atoms with Gasteiger partial charge in [-0.25, -0.2) is 4.99 Å². The molecular formula is C9H8N2OS. The molecule has 0 fully saturated rings. The number of nitrogens with zero attached hydrogens (tertiary/aromatic N) is 2. The van der Waals surface area contributed by atoms with Crippen LogP contribution in [0.3, 0.4) is 0 Å². The summed E-state index contributed by atoms with van der Waals surface area (Å²) in [5.74, 6) is -0.253. The predicted octanol–water partition coefficient (Wildman–Crippen LogP) is 2.03. The van der Waals surface area contributed by atoms with Gasteiger partial charge in [0.25, 0.3) is 5.91 Å². The molecule has 4 heteroatoms. The number of amides is 1. The highest BCUT2D eigenvalue weighted by molar-refractivity contribution is 8.19. The fraction of sp³-hybridized carbons (Fsp3) is 0.222. The van der Waals surface area contributed by atoms with Crippen molar-refractivity contribution in [3.63, 3.8) is 0 Å². The number of aliphatic imine (C=N–C) groups is 1. The summed E-state index contributed by atoms with van der Waals surface area (Å²) in [5, 5.41) is 9.19. The second-order valence-electron chi connectivity index (χ2n) is 2.29. The number of nitriles is 1. The molecule has 0 unspecified atom stereocenters. The molecule has 13 heavy (non-hydrogen) atoms. The Hall–Kier alpha value is -1.34. The second-order valence-corrected chi connectivity index (χ2v) is 3.32. The summed E-state index contributed by atoms with van der Waals surface area (Å²) in [4.78, 5) is 15.5. The maximum atomic E-state index is 11.1. The summed E-state index contributed by atoms with van der Waals surface area (Å²) in [7, 11) is 0. The van der Waals surface area contributed by atoms with E-state index in [4.69, 9.17) is 5.26 Å². The van der Waals surface area contributed by atoms with E-state index in [0.29, 0.717) is 15.5 Å². The summed E-state index contributed by atoms with van der Waals surface area (Å²) in [6.07, 6.45) is 3.35. The van der Waals surface area contributed by atoms with E-state index in [9.17, 15) is 4.79 Å². The van der Waals surface area contributed by atoms with Gasteiger partial charge < -0.3 is 0 Å². The van der Waals surface area contributed by atoms with Crippen LogP contribution in [-0.2, 0) is 4.79 Å². The Kier molecular flexibility index (Phi) is 3.04. The normalized spacial score (nSPS) is 20.4. The highest BCUT2D eigenvalue weighted by atomic mass is 32.2. The van der Waals surface area contributed by atoms with E-state index in [1.165, 1.54) is 11.8 Å². The Morgan fingerprint density at radius 1 is 1.62 bits per heavy atom. The molecule has 0 aromatic heterocycles. The van der Waals surface area contributed by atoms with Crippen LogP contribution in [0, 0.1) is 11.3 Å². The third kappa shape index (κ3) is 1.87. The second kappa shape index (κ2) is 4.06. The van der Waals surface area contributed by atoms with Crippen molar-refractivity contribution in [3.8, 4) is 6.07 Å². The zero-order valence-corrected chi connectivity index (χ0v) is 8.18. The molecular weight excluding hydrogens is 184 g/mol. The highest BCUT2D eigenvalue weighted by Crippen LogP contribution is 2.29. The molecule has 1 rings (SSSR count). The molecule has 0 radical (unpaired) electrons. The monoisotopic (exact) mass is 192 g/mol. The van der Waals surface area contributed by atoms with Gasteiger partial charge in [0.2, 0.25) is 0 Å². The van der Waals surface area contributed by atoms with Gasteiger partial charge in [0, 0.05) is 0 Å². The van der Waals surface area contributed by atoms with Crippen LogP contribution in [-0.4, -0.2) is 11.0 Å². The van der Waals surface area contributed by atoms with Crippen LogP contribution in [0.1, 0.15) is 13.8 Å². The minimum atomic E-state index is -0.253. The minimum absolute atomic E-state index is 0.253. The number of carbonyl (C=O) groups excluding carboxylic acids is 1. The first-order valence-electron chi connectivity index (χ1n) is 3.77. The van der Waals surface area contributed by atoms with Crippen molar-refractivity contribution in [3.05, 3.63) is 22.6 Å². The fourth-order valence-electron chi connectivity index (χ4n) is 0.851. The van der Waals surface area contributed by atoms with Crippen molar-refractivity contribution in [2.75, 3.05) is 0 Å². The number of thioether (sulfide) groups is 1. The van der Waals surface area contributed by atoms with Gasteiger partial charge in [-0.3, -0.25) is 4.79 Å². The van der Waals surface area contributed by atoms with Crippen LogP contribution in [0.5, 0.6) is 0 Å². The first kappa shape index (κ1) is 9.75. The van der Waals surface area contributed by atoms with Crippen molar-refractivity contribution in [1.82, 2.24) is 0 Å². The van der Waals surface area contributed by atoms with Crippen molar-refractivity contribution in [2.45, 2.75) is 13.8 Å². The van der Waals surface area contributed by atoms with Gasteiger partial charge in [0.1, 0.15) is 11.1 Å². The van der Waals surface area contributed by atoms with Crippen LogP contribution in [0.15, 0.2) is 27.6 Å². The largest absolute Gasteiger partial charge is 0.284 e. The number of hydrogen-bond acceptors (Lipinski definition) is 3. The molecule has 1 aliphatic rings. The SMILES string of the molecule is C/C=C1\SC(/C(C#N)=C/C)=NC1=O. The average Bonchev–Trinajstić information content (AvgIpc) is 2.49. The molecule has 0 bridgehead atoms. The van der Waals surface area contributed by atoms with E-state index in [1.807, 2.05) is 6.07 Å². The zero-order valence-electron chi connectivity index (χ0n) is 7.37. The smallest absolute Gasteiger partial charge is 0.266 e. The maximum Gasteiger partial charge on any atom is 0.284 e. The molecule has 0 aromatic carbocycles. The van der Waals surface area contributed by atoms with Crippen molar-refractivity contribution >= 4 is 22.7 Å². The third-order valence-corrected chi connectivity index (χ3v) is 2.66. The Morgan fingerprint density at radius 2 is 2.31 bits per heavy atom. The summed E-state index contributed by atoms with van der Waals surface area (Å²) in [6.45, 7) is 3.53. The Labute approximate surface area is 80.8 Å². The van der Waals surface area contributed by atoms with E-state index in [2.05, 4.69) is 4.99 Å².